The van der Waals surface area contributed by atoms with Crippen molar-refractivity contribution in [1.82, 2.24) is 0 Å². The van der Waals surface area contributed by atoms with E-state index in [0.717, 1.165) is 44.5 Å². The number of hydrogen-bond donors (Lipinski definition) is 3. The summed E-state index contributed by atoms with van der Waals surface area (Å²) < 4.78 is 17.5. The van der Waals surface area contributed by atoms with Crippen LogP contribution in [-0.2, 0) is 63.1 Å². The number of carbonyl (C=O) groups excluding carboxylic acids is 3. The van der Waals surface area contributed by atoms with Crippen molar-refractivity contribution < 1.29 is 43.9 Å². The Bertz CT molecular complexity index is 1920. The Morgan fingerprint density at radius 2 is 0.848 bits per heavy atom. The summed E-state index contributed by atoms with van der Waals surface area (Å²) in [6, 6.07) is 7.81. The van der Waals surface area contributed by atoms with Crippen molar-refractivity contribution >= 4 is 17.9 Å². The van der Waals surface area contributed by atoms with Gasteiger partial charge in [-0.05, 0) is 103 Å². The second kappa shape index (κ2) is 22.1. The molecule has 0 heterocycles. The Morgan fingerprint density at radius 1 is 0.530 bits per heavy atom. The van der Waals surface area contributed by atoms with Crippen molar-refractivity contribution in [3.05, 3.63) is 93.3 Å². The number of aromatic hydroxyl groups is 2. The molecule has 0 aromatic heterocycles. The highest BCUT2D eigenvalue weighted by Gasteiger charge is 2.33. The first-order valence-corrected chi connectivity index (χ1v) is 23.7. The van der Waals surface area contributed by atoms with E-state index in [1.807, 2.05) is 134 Å². The third kappa shape index (κ3) is 18.3. The number of allylic oxidation sites excluding steroid dienone is 5. The molecule has 0 aliphatic carbocycles. The lowest BCUT2D eigenvalue weighted by molar-refractivity contribution is -0.160. The molecule has 0 unspecified atom stereocenters. The van der Waals surface area contributed by atoms with Gasteiger partial charge >= 0.3 is 17.9 Å². The number of benzene rings is 2. The van der Waals surface area contributed by atoms with Crippen molar-refractivity contribution in [2.24, 2.45) is 16.2 Å². The minimum atomic E-state index is -1.08. The van der Waals surface area contributed by atoms with Gasteiger partial charge < -0.3 is 29.5 Å². The second-order valence-corrected chi connectivity index (χ2v) is 25.1. The summed E-state index contributed by atoms with van der Waals surface area (Å²) in [5.74, 6) is -0.566. The summed E-state index contributed by atoms with van der Waals surface area (Å²) in [6.07, 6.45) is 5.35. The summed E-state index contributed by atoms with van der Waals surface area (Å²) in [5, 5.41) is 33.5. The summed E-state index contributed by atoms with van der Waals surface area (Å²) in [5.41, 5.74) is 3.76. The van der Waals surface area contributed by atoms with Gasteiger partial charge in [0.05, 0.1) is 11.2 Å². The number of aliphatic hydroxyl groups excluding tert-OH is 1. The fraction of sp³-hybridized carbons (Fsp3) is 0.632. The van der Waals surface area contributed by atoms with Crippen molar-refractivity contribution in [2.45, 2.75) is 198 Å². The van der Waals surface area contributed by atoms with Crippen LogP contribution in [0.2, 0.25) is 0 Å². The Hall–Kier alpha value is -4.53. The molecule has 0 atom stereocenters. The minimum Gasteiger partial charge on any atom is -0.512 e. The zero-order valence-corrected chi connectivity index (χ0v) is 44.5. The smallest absolute Gasteiger partial charge is 0.306 e. The fourth-order valence-electron chi connectivity index (χ4n) is 7.56. The lowest BCUT2D eigenvalue weighted by Crippen LogP contribution is -2.37. The molecule has 370 valence electrons. The van der Waals surface area contributed by atoms with E-state index in [1.54, 1.807) is 13.0 Å². The molecule has 2 rings (SSSR count). The van der Waals surface area contributed by atoms with Crippen molar-refractivity contribution in [1.29, 1.82) is 0 Å². The largest absolute Gasteiger partial charge is 0.512 e. The van der Waals surface area contributed by atoms with E-state index in [2.05, 4.69) is 27.4 Å². The van der Waals surface area contributed by atoms with Crippen molar-refractivity contribution in [2.75, 3.05) is 19.8 Å². The van der Waals surface area contributed by atoms with Crippen LogP contribution in [0, 0.1) is 16.2 Å². The van der Waals surface area contributed by atoms with Gasteiger partial charge in [0.15, 0.2) is 0 Å². The second-order valence-electron chi connectivity index (χ2n) is 25.1. The Labute approximate surface area is 399 Å². The molecular formula is C57H88O9. The zero-order valence-electron chi connectivity index (χ0n) is 44.5. The molecule has 0 aliphatic rings. The summed E-state index contributed by atoms with van der Waals surface area (Å²) in [6.45, 7) is 42.0. The Kier molecular flexibility index (Phi) is 19.2. The number of phenolic OH excluding ortho intramolecular Hbond substituents is 2. The molecule has 0 spiro atoms. The Morgan fingerprint density at radius 3 is 1.12 bits per heavy atom. The third-order valence-electron chi connectivity index (χ3n) is 11.6. The highest BCUT2D eigenvalue weighted by Crippen LogP contribution is 2.42. The molecule has 9 nitrogen and oxygen atoms in total. The average Bonchev–Trinajstić information content (AvgIpc) is 3.14. The topological polar surface area (TPSA) is 140 Å². The summed E-state index contributed by atoms with van der Waals surface area (Å²) in [7, 11) is 0. The first kappa shape index (κ1) is 57.6. The van der Waals surface area contributed by atoms with Gasteiger partial charge in [0, 0.05) is 25.7 Å². The first-order valence-electron chi connectivity index (χ1n) is 23.7. The fourth-order valence-corrected chi connectivity index (χ4v) is 7.56. The number of phenols is 2. The van der Waals surface area contributed by atoms with Gasteiger partial charge in [0.1, 0.15) is 31.3 Å². The highest BCUT2D eigenvalue weighted by molar-refractivity contribution is 5.71. The normalized spacial score (nSPS) is 13.8. The van der Waals surface area contributed by atoms with Crippen LogP contribution in [0.4, 0.5) is 0 Å². The molecule has 66 heavy (non-hydrogen) atoms. The van der Waals surface area contributed by atoms with Crippen LogP contribution in [0.5, 0.6) is 11.5 Å². The van der Waals surface area contributed by atoms with Gasteiger partial charge in [0.2, 0.25) is 0 Å². The number of carbonyl (C=O) groups is 3. The van der Waals surface area contributed by atoms with Gasteiger partial charge in [-0.1, -0.05) is 168 Å². The van der Waals surface area contributed by atoms with E-state index in [1.165, 1.54) is 0 Å². The number of hydrogen-bond acceptors (Lipinski definition) is 9. The number of esters is 3. The molecule has 2 aromatic carbocycles. The summed E-state index contributed by atoms with van der Waals surface area (Å²) in [4.78, 5) is 40.2. The van der Waals surface area contributed by atoms with Crippen LogP contribution in [-0.4, -0.2) is 53.0 Å². The quantitative estimate of drug-likeness (QED) is 0.0577. The number of rotatable bonds is 18. The minimum absolute atomic E-state index is 0.0322. The van der Waals surface area contributed by atoms with E-state index < -0.39 is 23.3 Å². The van der Waals surface area contributed by atoms with Gasteiger partial charge in [0.25, 0.3) is 0 Å². The first-order chi connectivity index (χ1) is 29.8. The van der Waals surface area contributed by atoms with Gasteiger partial charge in [-0.15, -0.1) is 0 Å². The lowest BCUT2D eigenvalue weighted by Gasteiger charge is -2.29. The van der Waals surface area contributed by atoms with Gasteiger partial charge in [-0.2, -0.15) is 0 Å². The van der Waals surface area contributed by atoms with E-state index in [-0.39, 0.29) is 83.1 Å². The van der Waals surface area contributed by atoms with Gasteiger partial charge in [-0.25, -0.2) is 0 Å². The van der Waals surface area contributed by atoms with Crippen LogP contribution in [0.25, 0.3) is 0 Å². The van der Waals surface area contributed by atoms with E-state index in [4.69, 9.17) is 14.2 Å². The molecule has 0 fully saturated rings. The number of aliphatic hydroxyl groups is 1. The number of aryl methyl sites for hydroxylation is 2. The molecule has 0 amide bonds. The molecule has 2 aromatic rings. The lowest BCUT2D eigenvalue weighted by atomic mass is 9.78. The monoisotopic (exact) mass is 917 g/mol. The maximum Gasteiger partial charge on any atom is 0.306 e. The summed E-state index contributed by atoms with van der Waals surface area (Å²) >= 11 is 0. The molecular weight excluding hydrogens is 829 g/mol. The predicted molar refractivity (Wildman–Crippen MR) is 269 cm³/mol. The maximum absolute atomic E-state index is 13.4. The van der Waals surface area contributed by atoms with Crippen LogP contribution in [0.15, 0.2) is 59.9 Å². The van der Waals surface area contributed by atoms with Crippen molar-refractivity contribution in [3.8, 4) is 11.5 Å². The predicted octanol–water partition coefficient (Wildman–Crippen LogP) is 13.7. The molecule has 0 saturated carbocycles. The SMILES string of the molecule is C=C/C(=C\C(=C(\O)CC(C)(C)C)C(C)(C)C)CCC(=O)OCC(C)(COC(=O)CCc1cc(C(C)(C)C)c(O)c(C(C)(C)C)c1)COC(=O)CCc1cc(C(C)(C)C)c(O)c(C(C)(C)C)c1. The molecule has 9 heteroatoms. The molecule has 0 saturated heterocycles. The molecule has 3 N–H and O–H groups in total. The van der Waals surface area contributed by atoms with Crippen LogP contribution < -0.4 is 0 Å². The standard InChI is InChI=1S/C57H88O9/c1-21-37(28-40(52(5,6)7)45(58)33-51(2,3)4)22-25-46(59)64-34-57(20,35-65-47(60)26-23-38-29-41(53(8,9)10)49(62)42(30-38)54(11,12)13)36-66-48(61)27-24-39-31-43(55(14,15)16)50(63)44(32-39)56(17,18)19/h21,28-32,58,62-63H,1,22-27,33-36H2,2-20H3/b37-28+,45-40-. The Balaban J connectivity index is 2.33. The van der Waals surface area contributed by atoms with E-state index >= 15 is 0 Å². The van der Waals surface area contributed by atoms with Gasteiger partial charge in [-0.3, -0.25) is 14.4 Å². The highest BCUT2D eigenvalue weighted by atomic mass is 16.6. The van der Waals surface area contributed by atoms with Crippen LogP contribution in [0.1, 0.15) is 197 Å². The zero-order chi connectivity index (χ0) is 51.0. The molecule has 0 bridgehead atoms. The van der Waals surface area contributed by atoms with E-state index in [9.17, 15) is 29.7 Å². The molecule has 0 aliphatic heterocycles. The average molecular weight is 917 g/mol. The number of ether oxygens (including phenoxy) is 3. The van der Waals surface area contributed by atoms with E-state index in [0.29, 0.717) is 31.4 Å². The third-order valence-corrected chi connectivity index (χ3v) is 11.6. The van der Waals surface area contributed by atoms with Crippen LogP contribution in [0.3, 0.4) is 0 Å². The maximum atomic E-state index is 13.4. The van der Waals surface area contributed by atoms with Crippen LogP contribution >= 0.6 is 0 Å². The molecule has 0 radical (unpaired) electrons. The van der Waals surface area contributed by atoms with Crippen molar-refractivity contribution in [3.63, 3.8) is 0 Å².